The molecule has 0 amide bonds. The Morgan fingerprint density at radius 1 is 1.20 bits per heavy atom. The van der Waals surface area contributed by atoms with Gasteiger partial charge in [0.25, 0.3) is 0 Å². The molecule has 0 radical (unpaired) electrons. The lowest BCUT2D eigenvalue weighted by molar-refractivity contribution is 0.846. The van der Waals surface area contributed by atoms with Gasteiger partial charge in [-0.3, -0.25) is 4.98 Å². The molecular formula is C13H9ClN4OS. The number of hydrogen-bond acceptors (Lipinski definition) is 5. The SMILES string of the molecule is O=c1nc(SCc2ccccn2)nc2ccc(Cl)cn12. The summed E-state index contributed by atoms with van der Waals surface area (Å²) in [6, 6.07) is 9.07. The van der Waals surface area contributed by atoms with E-state index >= 15 is 0 Å². The van der Waals surface area contributed by atoms with Crippen LogP contribution in [0, 0.1) is 0 Å². The highest BCUT2D eigenvalue weighted by molar-refractivity contribution is 7.98. The minimum absolute atomic E-state index is 0.388. The molecule has 0 bridgehead atoms. The molecule has 0 saturated carbocycles. The molecule has 5 nitrogen and oxygen atoms in total. The van der Waals surface area contributed by atoms with Gasteiger partial charge < -0.3 is 0 Å². The van der Waals surface area contributed by atoms with Gasteiger partial charge in [0, 0.05) is 18.1 Å². The van der Waals surface area contributed by atoms with Crippen molar-refractivity contribution in [2.45, 2.75) is 10.9 Å². The van der Waals surface area contributed by atoms with Crippen molar-refractivity contribution in [1.82, 2.24) is 19.4 Å². The van der Waals surface area contributed by atoms with Gasteiger partial charge in [-0.25, -0.2) is 14.2 Å². The van der Waals surface area contributed by atoms with E-state index < -0.39 is 0 Å². The highest BCUT2D eigenvalue weighted by Crippen LogP contribution is 2.17. The monoisotopic (exact) mass is 304 g/mol. The van der Waals surface area contributed by atoms with E-state index in [1.54, 1.807) is 18.3 Å². The Kier molecular flexibility index (Phi) is 3.66. The lowest BCUT2D eigenvalue weighted by Gasteiger charge is -2.03. The minimum Gasteiger partial charge on any atom is -0.260 e. The van der Waals surface area contributed by atoms with Crippen molar-refractivity contribution in [1.29, 1.82) is 0 Å². The fraction of sp³-hybridized carbons (Fsp3) is 0.0769. The van der Waals surface area contributed by atoms with Crippen LogP contribution in [0.4, 0.5) is 0 Å². The molecule has 0 N–H and O–H groups in total. The van der Waals surface area contributed by atoms with Gasteiger partial charge in [-0.2, -0.15) is 4.98 Å². The summed E-state index contributed by atoms with van der Waals surface area (Å²) in [6.45, 7) is 0. The standard InChI is InChI=1S/C13H9ClN4OS/c14-9-4-5-11-16-12(17-13(19)18(11)7-9)20-8-10-3-1-2-6-15-10/h1-7H,8H2. The average Bonchev–Trinajstić information content (AvgIpc) is 2.47. The summed E-state index contributed by atoms with van der Waals surface area (Å²) in [5.41, 5.74) is 1.05. The van der Waals surface area contributed by atoms with Crippen molar-refractivity contribution >= 4 is 29.0 Å². The van der Waals surface area contributed by atoms with Crippen molar-refractivity contribution in [2.24, 2.45) is 0 Å². The number of halogens is 1. The van der Waals surface area contributed by atoms with Gasteiger partial charge in [0.05, 0.1) is 10.7 Å². The van der Waals surface area contributed by atoms with E-state index in [-0.39, 0.29) is 5.69 Å². The molecule has 3 rings (SSSR count). The predicted octanol–water partition coefficient (Wildman–Crippen LogP) is 2.43. The summed E-state index contributed by atoms with van der Waals surface area (Å²) >= 11 is 7.22. The second-order valence-corrected chi connectivity index (χ2v) is 5.35. The van der Waals surface area contributed by atoms with E-state index in [1.165, 1.54) is 22.4 Å². The number of rotatable bonds is 3. The first kappa shape index (κ1) is 13.1. The van der Waals surface area contributed by atoms with Gasteiger partial charge >= 0.3 is 5.69 Å². The zero-order valence-electron chi connectivity index (χ0n) is 10.2. The first-order chi connectivity index (χ1) is 9.72. The van der Waals surface area contributed by atoms with Crippen molar-refractivity contribution in [2.75, 3.05) is 0 Å². The van der Waals surface area contributed by atoms with E-state index in [9.17, 15) is 4.79 Å². The zero-order chi connectivity index (χ0) is 13.9. The highest BCUT2D eigenvalue weighted by atomic mass is 35.5. The maximum atomic E-state index is 11.9. The molecule has 3 aromatic heterocycles. The van der Waals surface area contributed by atoms with E-state index in [0.29, 0.717) is 21.6 Å². The zero-order valence-corrected chi connectivity index (χ0v) is 11.8. The summed E-state index contributed by atoms with van der Waals surface area (Å²) in [5.74, 6) is 0.615. The molecular weight excluding hydrogens is 296 g/mol. The van der Waals surface area contributed by atoms with Crippen LogP contribution >= 0.6 is 23.4 Å². The van der Waals surface area contributed by atoms with E-state index in [0.717, 1.165) is 5.69 Å². The lowest BCUT2D eigenvalue weighted by atomic mass is 10.4. The Balaban J connectivity index is 1.89. The number of thioether (sulfide) groups is 1. The van der Waals surface area contributed by atoms with Crippen molar-refractivity contribution in [3.8, 4) is 0 Å². The van der Waals surface area contributed by atoms with Crippen LogP contribution in [-0.4, -0.2) is 19.4 Å². The fourth-order valence-electron chi connectivity index (χ4n) is 1.66. The molecule has 0 aromatic carbocycles. The second-order valence-electron chi connectivity index (χ2n) is 3.97. The van der Waals surface area contributed by atoms with Crippen molar-refractivity contribution in [3.05, 3.63) is 63.9 Å². The molecule has 0 aliphatic heterocycles. The topological polar surface area (TPSA) is 60.2 Å². The van der Waals surface area contributed by atoms with E-state index in [1.807, 2.05) is 18.2 Å². The molecule has 0 atom stereocenters. The summed E-state index contributed by atoms with van der Waals surface area (Å²) in [5, 5.41) is 0.903. The Morgan fingerprint density at radius 3 is 2.90 bits per heavy atom. The van der Waals surface area contributed by atoms with Crippen LogP contribution in [0.1, 0.15) is 5.69 Å². The van der Waals surface area contributed by atoms with E-state index in [4.69, 9.17) is 11.6 Å². The molecule has 0 aliphatic rings. The third-order valence-electron chi connectivity index (χ3n) is 2.57. The minimum atomic E-state index is -0.388. The molecule has 3 aromatic rings. The maximum absolute atomic E-state index is 11.9. The number of nitrogens with zero attached hydrogens (tertiary/aromatic N) is 4. The predicted molar refractivity (Wildman–Crippen MR) is 78.1 cm³/mol. The van der Waals surface area contributed by atoms with Crippen LogP contribution in [0.25, 0.3) is 5.65 Å². The molecule has 0 aliphatic carbocycles. The van der Waals surface area contributed by atoms with Gasteiger partial charge in [-0.1, -0.05) is 29.4 Å². The van der Waals surface area contributed by atoms with Gasteiger partial charge in [-0.15, -0.1) is 0 Å². The molecule has 7 heteroatoms. The molecule has 20 heavy (non-hydrogen) atoms. The van der Waals surface area contributed by atoms with Crippen LogP contribution in [-0.2, 0) is 5.75 Å². The van der Waals surface area contributed by atoms with Crippen molar-refractivity contribution in [3.63, 3.8) is 0 Å². The molecule has 0 saturated heterocycles. The summed E-state index contributed by atoms with van der Waals surface area (Å²) in [4.78, 5) is 24.4. The number of hydrogen-bond donors (Lipinski definition) is 0. The van der Waals surface area contributed by atoms with Crippen LogP contribution in [0.15, 0.2) is 52.7 Å². The maximum Gasteiger partial charge on any atom is 0.355 e. The fourth-order valence-corrected chi connectivity index (χ4v) is 2.57. The second kappa shape index (κ2) is 5.60. The van der Waals surface area contributed by atoms with Gasteiger partial charge in [0.1, 0.15) is 5.65 Å². The first-order valence-electron chi connectivity index (χ1n) is 5.81. The Morgan fingerprint density at radius 2 is 2.10 bits per heavy atom. The molecule has 100 valence electrons. The summed E-state index contributed by atoms with van der Waals surface area (Å²) in [7, 11) is 0. The molecule has 0 spiro atoms. The highest BCUT2D eigenvalue weighted by Gasteiger charge is 2.05. The third-order valence-corrected chi connectivity index (χ3v) is 3.68. The first-order valence-corrected chi connectivity index (χ1v) is 7.17. The third kappa shape index (κ3) is 2.81. The number of fused-ring (bicyclic) bond motifs is 1. The van der Waals surface area contributed by atoms with E-state index in [2.05, 4.69) is 15.0 Å². The summed E-state index contributed by atoms with van der Waals surface area (Å²) < 4.78 is 1.33. The molecule has 3 heterocycles. The van der Waals surface area contributed by atoms with Gasteiger partial charge in [0.2, 0.25) is 0 Å². The van der Waals surface area contributed by atoms with Crippen LogP contribution in [0.3, 0.4) is 0 Å². The summed E-state index contributed by atoms with van der Waals surface area (Å²) in [6.07, 6.45) is 3.24. The van der Waals surface area contributed by atoms with Crippen LogP contribution in [0.2, 0.25) is 5.02 Å². The number of pyridine rings is 2. The molecule has 0 unspecified atom stereocenters. The largest absolute Gasteiger partial charge is 0.355 e. The van der Waals surface area contributed by atoms with Crippen molar-refractivity contribution < 1.29 is 0 Å². The Hall–Kier alpha value is -1.92. The molecule has 0 fully saturated rings. The smallest absolute Gasteiger partial charge is 0.260 e. The quantitative estimate of drug-likeness (QED) is 0.696. The Labute approximate surface area is 123 Å². The van der Waals surface area contributed by atoms with Gasteiger partial charge in [0.15, 0.2) is 5.16 Å². The lowest BCUT2D eigenvalue weighted by Crippen LogP contribution is -2.18. The normalized spacial score (nSPS) is 10.8. The number of aromatic nitrogens is 4. The van der Waals surface area contributed by atoms with Crippen LogP contribution < -0.4 is 5.69 Å². The van der Waals surface area contributed by atoms with Gasteiger partial charge in [-0.05, 0) is 24.3 Å². The Bertz CT molecular complexity index is 806. The van der Waals surface area contributed by atoms with Crippen LogP contribution in [0.5, 0.6) is 0 Å². The average molecular weight is 305 g/mol.